The average Bonchev–Trinajstić information content (AvgIpc) is 2.56. The van der Waals surface area contributed by atoms with E-state index >= 15 is 0 Å². The molecule has 18 heavy (non-hydrogen) atoms. The van der Waals surface area contributed by atoms with Crippen molar-refractivity contribution in [2.45, 2.75) is 40.7 Å². The normalized spacial score (nSPS) is 12.8. The van der Waals surface area contributed by atoms with E-state index in [0.29, 0.717) is 0 Å². The number of hydrogen-bond acceptors (Lipinski definition) is 2. The van der Waals surface area contributed by atoms with Crippen molar-refractivity contribution in [1.29, 1.82) is 0 Å². The molecule has 2 N–H and O–H groups in total. The Kier molecular flexibility index (Phi) is 3.31. The SMILES string of the molecule is Cc1ccc(C(N)c2c(C)oc(C)c2C)cc1C. The average molecular weight is 243 g/mol. The number of furan rings is 1. The zero-order chi connectivity index (χ0) is 13.4. The lowest BCUT2D eigenvalue weighted by atomic mass is 9.94. The minimum atomic E-state index is -0.109. The van der Waals surface area contributed by atoms with E-state index in [1.54, 1.807) is 0 Å². The first-order valence-corrected chi connectivity index (χ1v) is 6.31. The van der Waals surface area contributed by atoms with Crippen LogP contribution >= 0.6 is 0 Å². The highest BCUT2D eigenvalue weighted by atomic mass is 16.3. The van der Waals surface area contributed by atoms with Crippen molar-refractivity contribution in [2.24, 2.45) is 5.73 Å². The van der Waals surface area contributed by atoms with E-state index in [1.807, 2.05) is 13.8 Å². The molecule has 0 aliphatic rings. The van der Waals surface area contributed by atoms with Gasteiger partial charge < -0.3 is 10.2 Å². The summed E-state index contributed by atoms with van der Waals surface area (Å²) in [5.41, 5.74) is 12.4. The van der Waals surface area contributed by atoms with Crippen LogP contribution in [0, 0.1) is 34.6 Å². The summed E-state index contributed by atoms with van der Waals surface area (Å²) in [5.74, 6) is 1.89. The van der Waals surface area contributed by atoms with Crippen molar-refractivity contribution < 1.29 is 4.42 Å². The summed E-state index contributed by atoms with van der Waals surface area (Å²) in [6.07, 6.45) is 0. The van der Waals surface area contributed by atoms with Gasteiger partial charge in [0.1, 0.15) is 11.5 Å². The summed E-state index contributed by atoms with van der Waals surface area (Å²) in [4.78, 5) is 0. The topological polar surface area (TPSA) is 39.2 Å². The summed E-state index contributed by atoms with van der Waals surface area (Å²) in [6, 6.07) is 6.29. The molecule has 0 saturated carbocycles. The largest absolute Gasteiger partial charge is 0.466 e. The third kappa shape index (κ3) is 2.08. The van der Waals surface area contributed by atoms with Crippen LogP contribution in [0.5, 0.6) is 0 Å². The van der Waals surface area contributed by atoms with Crippen LogP contribution < -0.4 is 5.73 Å². The van der Waals surface area contributed by atoms with Crippen LogP contribution in [0.2, 0.25) is 0 Å². The van der Waals surface area contributed by atoms with E-state index in [2.05, 4.69) is 39.0 Å². The molecule has 1 aromatic carbocycles. The second-order valence-electron chi connectivity index (χ2n) is 5.07. The molecule has 1 atom stereocenters. The van der Waals surface area contributed by atoms with Crippen LogP contribution in [0.1, 0.15) is 45.4 Å². The molecular formula is C16H21NO. The van der Waals surface area contributed by atoms with Crippen LogP contribution in [0.3, 0.4) is 0 Å². The van der Waals surface area contributed by atoms with Crippen LogP contribution in [0.15, 0.2) is 22.6 Å². The van der Waals surface area contributed by atoms with Crippen LogP contribution in [0.4, 0.5) is 0 Å². The fraction of sp³-hybridized carbons (Fsp3) is 0.375. The highest BCUT2D eigenvalue weighted by Gasteiger charge is 2.19. The fourth-order valence-corrected chi connectivity index (χ4v) is 2.39. The molecule has 0 bridgehead atoms. The van der Waals surface area contributed by atoms with Crippen molar-refractivity contribution in [1.82, 2.24) is 0 Å². The van der Waals surface area contributed by atoms with Gasteiger partial charge in [-0.05, 0) is 56.9 Å². The third-order valence-electron chi connectivity index (χ3n) is 3.82. The Morgan fingerprint density at radius 3 is 2.11 bits per heavy atom. The summed E-state index contributed by atoms with van der Waals surface area (Å²) >= 11 is 0. The molecule has 0 saturated heterocycles. The highest BCUT2D eigenvalue weighted by Crippen LogP contribution is 2.30. The Hall–Kier alpha value is -1.54. The van der Waals surface area contributed by atoms with Gasteiger partial charge in [0.15, 0.2) is 0 Å². The Bertz CT molecular complexity index is 581. The zero-order valence-electron chi connectivity index (χ0n) is 11.8. The first-order valence-electron chi connectivity index (χ1n) is 6.31. The lowest BCUT2D eigenvalue weighted by Crippen LogP contribution is -2.13. The predicted octanol–water partition coefficient (Wildman–Crippen LogP) is 3.87. The maximum atomic E-state index is 6.39. The third-order valence-corrected chi connectivity index (χ3v) is 3.82. The van der Waals surface area contributed by atoms with Gasteiger partial charge in [0.25, 0.3) is 0 Å². The van der Waals surface area contributed by atoms with Crippen molar-refractivity contribution in [2.75, 3.05) is 0 Å². The molecule has 2 nitrogen and oxygen atoms in total. The lowest BCUT2D eigenvalue weighted by Gasteiger charge is -2.14. The monoisotopic (exact) mass is 243 g/mol. The van der Waals surface area contributed by atoms with E-state index < -0.39 is 0 Å². The van der Waals surface area contributed by atoms with Gasteiger partial charge in [0.2, 0.25) is 0 Å². The lowest BCUT2D eigenvalue weighted by molar-refractivity contribution is 0.498. The molecule has 0 spiro atoms. The minimum absolute atomic E-state index is 0.109. The summed E-state index contributed by atoms with van der Waals surface area (Å²) in [5, 5.41) is 0. The summed E-state index contributed by atoms with van der Waals surface area (Å²) < 4.78 is 5.66. The molecule has 0 aliphatic heterocycles. The first kappa shape index (κ1) is 12.9. The Morgan fingerprint density at radius 1 is 0.944 bits per heavy atom. The number of aryl methyl sites for hydroxylation is 4. The molecule has 1 heterocycles. The molecule has 96 valence electrons. The van der Waals surface area contributed by atoms with Crippen LogP contribution in [-0.4, -0.2) is 0 Å². The predicted molar refractivity (Wildman–Crippen MR) is 74.9 cm³/mol. The highest BCUT2D eigenvalue weighted by molar-refractivity contribution is 5.42. The summed E-state index contributed by atoms with van der Waals surface area (Å²) in [6.45, 7) is 10.3. The van der Waals surface area contributed by atoms with E-state index in [4.69, 9.17) is 10.2 Å². The van der Waals surface area contributed by atoms with Gasteiger partial charge in [-0.25, -0.2) is 0 Å². The molecule has 1 aromatic heterocycles. The Labute approximate surface area is 109 Å². The van der Waals surface area contributed by atoms with Gasteiger partial charge in [-0.1, -0.05) is 18.2 Å². The molecule has 0 aliphatic carbocycles. The maximum Gasteiger partial charge on any atom is 0.106 e. The second-order valence-corrected chi connectivity index (χ2v) is 5.07. The van der Waals surface area contributed by atoms with Crippen molar-refractivity contribution in [3.63, 3.8) is 0 Å². The van der Waals surface area contributed by atoms with E-state index in [9.17, 15) is 0 Å². The fourth-order valence-electron chi connectivity index (χ4n) is 2.39. The maximum absolute atomic E-state index is 6.39. The van der Waals surface area contributed by atoms with Crippen molar-refractivity contribution in [3.8, 4) is 0 Å². The van der Waals surface area contributed by atoms with Crippen molar-refractivity contribution >= 4 is 0 Å². The van der Waals surface area contributed by atoms with Crippen molar-refractivity contribution in [3.05, 3.63) is 57.5 Å². The smallest absolute Gasteiger partial charge is 0.106 e. The quantitative estimate of drug-likeness (QED) is 0.869. The number of benzene rings is 1. The van der Waals surface area contributed by atoms with Crippen LogP contribution in [-0.2, 0) is 0 Å². The molecule has 2 heteroatoms. The van der Waals surface area contributed by atoms with E-state index in [0.717, 1.165) is 22.6 Å². The minimum Gasteiger partial charge on any atom is -0.466 e. The molecule has 0 amide bonds. The Morgan fingerprint density at radius 2 is 1.61 bits per heavy atom. The van der Waals surface area contributed by atoms with Gasteiger partial charge in [-0.2, -0.15) is 0 Å². The molecule has 2 aromatic rings. The molecule has 1 unspecified atom stereocenters. The molecule has 2 rings (SSSR count). The number of hydrogen-bond donors (Lipinski definition) is 1. The first-order chi connectivity index (χ1) is 8.41. The van der Waals surface area contributed by atoms with Gasteiger partial charge in [0.05, 0.1) is 6.04 Å². The zero-order valence-corrected chi connectivity index (χ0v) is 11.8. The van der Waals surface area contributed by atoms with Gasteiger partial charge in [-0.3, -0.25) is 0 Å². The van der Waals surface area contributed by atoms with Crippen LogP contribution in [0.25, 0.3) is 0 Å². The standard InChI is InChI=1S/C16H21NO/c1-9-6-7-14(8-10(9)2)16(17)15-11(3)12(4)18-13(15)5/h6-8,16H,17H2,1-5H3. The molecule has 0 radical (unpaired) electrons. The molecular weight excluding hydrogens is 222 g/mol. The van der Waals surface area contributed by atoms with Gasteiger partial charge >= 0.3 is 0 Å². The number of nitrogens with two attached hydrogens (primary N) is 1. The summed E-state index contributed by atoms with van der Waals surface area (Å²) in [7, 11) is 0. The number of rotatable bonds is 2. The van der Waals surface area contributed by atoms with Gasteiger partial charge in [0, 0.05) is 5.56 Å². The Balaban J connectivity index is 2.47. The van der Waals surface area contributed by atoms with E-state index in [1.165, 1.54) is 16.7 Å². The molecule has 0 fully saturated rings. The van der Waals surface area contributed by atoms with Gasteiger partial charge in [-0.15, -0.1) is 0 Å². The van der Waals surface area contributed by atoms with E-state index in [-0.39, 0.29) is 6.04 Å². The second kappa shape index (κ2) is 4.62.